The molecule has 1 aromatic heterocycles. The fraction of sp³-hybridized carbons (Fsp3) is 0.500. The number of nitrogens with two attached hydrogens (primary N) is 1. The van der Waals surface area contributed by atoms with Crippen molar-refractivity contribution in [2.45, 2.75) is 26.8 Å². The molecule has 2 N–H and O–H groups in total. The molecule has 78 valence electrons. The molecule has 1 atom stereocenters. The van der Waals surface area contributed by atoms with E-state index in [0.29, 0.717) is 16.4 Å². The van der Waals surface area contributed by atoms with Gasteiger partial charge < -0.3 is 10.3 Å². The van der Waals surface area contributed by atoms with Crippen molar-refractivity contribution in [1.82, 2.24) is 4.57 Å². The molecule has 1 aromatic rings. The van der Waals surface area contributed by atoms with Crippen molar-refractivity contribution < 1.29 is 0 Å². The van der Waals surface area contributed by atoms with Gasteiger partial charge in [0.25, 0.3) is 0 Å². The Morgan fingerprint density at radius 2 is 1.93 bits per heavy atom. The summed E-state index contributed by atoms with van der Waals surface area (Å²) >= 11 is 3.20. The van der Waals surface area contributed by atoms with Gasteiger partial charge in [-0.2, -0.15) is 0 Å². The van der Waals surface area contributed by atoms with Crippen molar-refractivity contribution in [1.29, 1.82) is 0 Å². The Bertz CT molecular complexity index is 358. The van der Waals surface area contributed by atoms with Crippen LogP contribution in [0, 0.1) is 5.92 Å². The first-order valence-corrected chi connectivity index (χ1v) is 5.39. The van der Waals surface area contributed by atoms with E-state index in [9.17, 15) is 4.79 Å². The zero-order valence-corrected chi connectivity index (χ0v) is 10.2. The molecule has 14 heavy (non-hydrogen) atoms. The molecule has 4 heteroatoms. The van der Waals surface area contributed by atoms with Crippen LogP contribution in [-0.2, 0) is 0 Å². The van der Waals surface area contributed by atoms with E-state index in [0.717, 1.165) is 0 Å². The largest absolute Gasteiger partial charge is 0.394 e. The van der Waals surface area contributed by atoms with Crippen molar-refractivity contribution in [2.75, 3.05) is 5.73 Å². The van der Waals surface area contributed by atoms with Crippen LogP contribution in [0.25, 0.3) is 0 Å². The predicted octanol–water partition coefficient (Wildman–Crippen LogP) is 2.41. The number of nitrogens with zero attached hydrogens (tertiary/aromatic N) is 1. The first-order chi connectivity index (χ1) is 6.43. The molecule has 0 radical (unpaired) electrons. The maximum atomic E-state index is 11.3. The van der Waals surface area contributed by atoms with Gasteiger partial charge in [-0.25, -0.2) is 0 Å². The summed E-state index contributed by atoms with van der Waals surface area (Å²) in [6.07, 6.45) is 3.47. The highest BCUT2D eigenvalue weighted by atomic mass is 79.9. The van der Waals surface area contributed by atoms with Crippen LogP contribution >= 0.6 is 15.9 Å². The molecule has 1 heterocycles. The molecule has 0 saturated heterocycles. The van der Waals surface area contributed by atoms with Crippen LogP contribution < -0.4 is 11.2 Å². The zero-order valence-electron chi connectivity index (χ0n) is 8.62. The Morgan fingerprint density at radius 3 is 2.36 bits per heavy atom. The molecule has 1 unspecified atom stereocenters. The lowest BCUT2D eigenvalue weighted by molar-refractivity contribution is 0.406. The summed E-state index contributed by atoms with van der Waals surface area (Å²) in [5.74, 6) is 0.504. The summed E-state index contributed by atoms with van der Waals surface area (Å²) in [6.45, 7) is 6.36. The van der Waals surface area contributed by atoms with Gasteiger partial charge >= 0.3 is 0 Å². The van der Waals surface area contributed by atoms with Crippen LogP contribution in [0.1, 0.15) is 26.8 Å². The number of rotatable bonds is 2. The van der Waals surface area contributed by atoms with Crippen LogP contribution in [0.5, 0.6) is 0 Å². The van der Waals surface area contributed by atoms with Crippen molar-refractivity contribution >= 4 is 21.6 Å². The third kappa shape index (κ3) is 2.18. The fourth-order valence-corrected chi connectivity index (χ4v) is 1.63. The van der Waals surface area contributed by atoms with E-state index in [-0.39, 0.29) is 11.1 Å². The average Bonchev–Trinajstić information content (AvgIpc) is 2.12. The summed E-state index contributed by atoms with van der Waals surface area (Å²) in [7, 11) is 0. The van der Waals surface area contributed by atoms with Gasteiger partial charge in [0.15, 0.2) is 0 Å². The lowest BCUT2D eigenvalue weighted by atomic mass is 10.1. The van der Waals surface area contributed by atoms with Gasteiger partial charge in [-0.05, 0) is 28.8 Å². The van der Waals surface area contributed by atoms with E-state index in [1.165, 1.54) is 0 Å². The van der Waals surface area contributed by atoms with Crippen LogP contribution in [0.4, 0.5) is 5.69 Å². The van der Waals surface area contributed by atoms with E-state index in [1.54, 1.807) is 12.4 Å². The minimum atomic E-state index is -0.141. The zero-order chi connectivity index (χ0) is 10.9. The number of hydrogen-bond acceptors (Lipinski definition) is 2. The molecule has 0 aliphatic rings. The Hall–Kier alpha value is -0.770. The Kier molecular flexibility index (Phi) is 3.37. The average molecular weight is 259 g/mol. The van der Waals surface area contributed by atoms with E-state index in [4.69, 9.17) is 5.73 Å². The molecule has 1 rings (SSSR count). The molecule has 3 nitrogen and oxygen atoms in total. The summed E-state index contributed by atoms with van der Waals surface area (Å²) in [4.78, 5) is 11.3. The third-order valence-corrected chi connectivity index (χ3v) is 3.03. The Labute approximate surface area is 92.1 Å². The van der Waals surface area contributed by atoms with Gasteiger partial charge in [0.2, 0.25) is 5.43 Å². The second-order valence-electron chi connectivity index (χ2n) is 3.82. The van der Waals surface area contributed by atoms with Gasteiger partial charge in [0, 0.05) is 18.4 Å². The highest BCUT2D eigenvalue weighted by molar-refractivity contribution is 9.10. The quantitative estimate of drug-likeness (QED) is 0.886. The summed E-state index contributed by atoms with van der Waals surface area (Å²) in [5.41, 5.74) is 5.74. The van der Waals surface area contributed by atoms with Gasteiger partial charge in [0.1, 0.15) is 0 Å². The smallest absolute Gasteiger partial charge is 0.218 e. The third-order valence-electron chi connectivity index (χ3n) is 2.46. The van der Waals surface area contributed by atoms with Crippen molar-refractivity contribution in [2.24, 2.45) is 5.92 Å². The topological polar surface area (TPSA) is 48.0 Å². The number of nitrogen functional groups attached to an aromatic ring is 1. The number of aromatic nitrogens is 1. The minimum Gasteiger partial charge on any atom is -0.394 e. The van der Waals surface area contributed by atoms with Crippen molar-refractivity contribution in [3.05, 3.63) is 27.1 Å². The SMILES string of the molecule is CC(C)C(C)n1cc(N)c(=O)c(Br)c1. The first-order valence-electron chi connectivity index (χ1n) is 4.60. The number of pyridine rings is 1. The summed E-state index contributed by atoms with van der Waals surface area (Å²) in [6, 6.07) is 0.328. The predicted molar refractivity (Wildman–Crippen MR) is 62.4 cm³/mol. The summed E-state index contributed by atoms with van der Waals surface area (Å²) < 4.78 is 2.48. The first kappa shape index (κ1) is 11.3. The minimum absolute atomic E-state index is 0.141. The molecular weight excluding hydrogens is 244 g/mol. The van der Waals surface area contributed by atoms with Crippen molar-refractivity contribution in [3.63, 3.8) is 0 Å². The molecule has 0 spiro atoms. The normalized spacial score (nSPS) is 13.2. The van der Waals surface area contributed by atoms with Crippen molar-refractivity contribution in [3.8, 4) is 0 Å². The lowest BCUT2D eigenvalue weighted by Crippen LogP contribution is -2.17. The van der Waals surface area contributed by atoms with Gasteiger partial charge in [-0.15, -0.1) is 0 Å². The standard InChI is InChI=1S/C10H15BrN2O/c1-6(2)7(3)13-4-8(11)10(14)9(12)5-13/h4-7H,12H2,1-3H3. The molecule has 0 aliphatic heterocycles. The van der Waals surface area contributed by atoms with E-state index in [1.807, 2.05) is 4.57 Å². The molecular formula is C10H15BrN2O. The molecule has 0 amide bonds. The highest BCUT2D eigenvalue weighted by Gasteiger charge is 2.10. The Balaban J connectivity index is 3.19. The maximum Gasteiger partial charge on any atom is 0.218 e. The van der Waals surface area contributed by atoms with Gasteiger partial charge in [-0.3, -0.25) is 4.79 Å². The van der Waals surface area contributed by atoms with Gasteiger partial charge in [-0.1, -0.05) is 13.8 Å². The molecule has 0 bridgehead atoms. The molecule has 0 fully saturated rings. The fourth-order valence-electron chi connectivity index (χ4n) is 1.16. The monoisotopic (exact) mass is 258 g/mol. The lowest BCUT2D eigenvalue weighted by Gasteiger charge is -2.20. The maximum absolute atomic E-state index is 11.3. The van der Waals surface area contributed by atoms with E-state index >= 15 is 0 Å². The van der Waals surface area contributed by atoms with Crippen LogP contribution in [-0.4, -0.2) is 4.57 Å². The van der Waals surface area contributed by atoms with E-state index < -0.39 is 0 Å². The number of halogens is 1. The molecule has 0 aromatic carbocycles. The Morgan fingerprint density at radius 1 is 1.36 bits per heavy atom. The summed E-state index contributed by atoms with van der Waals surface area (Å²) in [5, 5.41) is 0. The van der Waals surface area contributed by atoms with Gasteiger partial charge in [0.05, 0.1) is 10.2 Å². The molecule has 0 saturated carbocycles. The van der Waals surface area contributed by atoms with Crippen LogP contribution in [0.15, 0.2) is 21.7 Å². The second-order valence-corrected chi connectivity index (χ2v) is 4.68. The van der Waals surface area contributed by atoms with Crippen LogP contribution in [0.2, 0.25) is 0 Å². The molecule has 0 aliphatic carbocycles. The highest BCUT2D eigenvalue weighted by Crippen LogP contribution is 2.18. The second kappa shape index (κ2) is 4.17. The number of hydrogen-bond donors (Lipinski definition) is 1. The van der Waals surface area contributed by atoms with E-state index in [2.05, 4.69) is 36.7 Å². The number of anilines is 1. The van der Waals surface area contributed by atoms with Crippen LogP contribution in [0.3, 0.4) is 0 Å².